The van der Waals surface area contributed by atoms with Crippen LogP contribution in [-0.4, -0.2) is 49.0 Å². The maximum absolute atomic E-state index is 12.2. The Morgan fingerprint density at radius 1 is 1.07 bits per heavy atom. The lowest BCUT2D eigenvalue weighted by molar-refractivity contribution is -0.136. The smallest absolute Gasteiger partial charge is 0.313 e. The van der Waals surface area contributed by atoms with Gasteiger partial charge in [0.05, 0.1) is 12.3 Å². The third-order valence-corrected chi connectivity index (χ3v) is 5.68. The Balaban J connectivity index is 1.41. The maximum atomic E-state index is 12.2. The molecule has 0 atom stereocenters. The number of anilines is 1. The molecule has 2 fully saturated rings. The number of amides is 2. The van der Waals surface area contributed by atoms with E-state index in [1.807, 2.05) is 13.0 Å². The predicted octanol–water partition coefficient (Wildman–Crippen LogP) is 2.79. The number of benzene rings is 1. The van der Waals surface area contributed by atoms with Gasteiger partial charge in [0.15, 0.2) is 0 Å². The van der Waals surface area contributed by atoms with Crippen molar-refractivity contribution in [2.75, 3.05) is 31.6 Å². The molecule has 6 heteroatoms. The molecule has 1 aliphatic heterocycles. The van der Waals surface area contributed by atoms with E-state index in [9.17, 15) is 9.59 Å². The van der Waals surface area contributed by atoms with Gasteiger partial charge in [-0.2, -0.15) is 0 Å². The van der Waals surface area contributed by atoms with Crippen LogP contribution in [0.15, 0.2) is 24.3 Å². The number of hydrogen-bond acceptors (Lipinski definition) is 4. The third-order valence-electron chi connectivity index (χ3n) is 5.68. The van der Waals surface area contributed by atoms with E-state index in [1.54, 1.807) is 18.2 Å². The van der Waals surface area contributed by atoms with Crippen molar-refractivity contribution in [1.82, 2.24) is 10.2 Å². The number of para-hydroxylation sites is 2. The van der Waals surface area contributed by atoms with Crippen LogP contribution < -0.4 is 15.4 Å². The molecule has 1 saturated heterocycles. The number of piperidine rings is 1. The van der Waals surface area contributed by atoms with Crippen molar-refractivity contribution in [3.05, 3.63) is 24.3 Å². The van der Waals surface area contributed by atoms with Crippen LogP contribution in [0.4, 0.5) is 5.69 Å². The average molecular weight is 373 g/mol. The van der Waals surface area contributed by atoms with Crippen molar-refractivity contribution in [2.45, 2.75) is 51.5 Å². The molecule has 0 radical (unpaired) electrons. The first kappa shape index (κ1) is 19.7. The van der Waals surface area contributed by atoms with E-state index in [1.165, 1.54) is 25.7 Å². The minimum absolute atomic E-state index is 0.454. The lowest BCUT2D eigenvalue weighted by Gasteiger charge is -2.36. The number of nitrogens with one attached hydrogen (secondary N) is 2. The van der Waals surface area contributed by atoms with E-state index in [0.717, 1.165) is 32.0 Å². The quantitative estimate of drug-likeness (QED) is 0.752. The summed E-state index contributed by atoms with van der Waals surface area (Å²) in [5.74, 6) is -0.208. The summed E-state index contributed by atoms with van der Waals surface area (Å²) in [6, 6.07) is 7.91. The highest BCUT2D eigenvalue weighted by molar-refractivity contribution is 6.39. The molecule has 1 aromatic rings. The second kappa shape index (κ2) is 9.74. The monoisotopic (exact) mass is 373 g/mol. The summed E-state index contributed by atoms with van der Waals surface area (Å²) in [5, 5.41) is 5.44. The molecular weight excluding hydrogens is 342 g/mol. The molecule has 0 aromatic heterocycles. The lowest BCUT2D eigenvalue weighted by Crippen LogP contribution is -2.44. The maximum Gasteiger partial charge on any atom is 0.313 e. The topological polar surface area (TPSA) is 70.7 Å². The van der Waals surface area contributed by atoms with Gasteiger partial charge < -0.3 is 20.3 Å². The van der Waals surface area contributed by atoms with E-state index in [-0.39, 0.29) is 0 Å². The molecule has 6 nitrogen and oxygen atoms in total. The summed E-state index contributed by atoms with van der Waals surface area (Å²) >= 11 is 0. The second-order valence-electron chi connectivity index (χ2n) is 7.51. The summed E-state index contributed by atoms with van der Waals surface area (Å²) in [4.78, 5) is 27.0. The fourth-order valence-electron chi connectivity index (χ4n) is 4.14. The van der Waals surface area contributed by atoms with Gasteiger partial charge in [-0.25, -0.2) is 0 Å². The van der Waals surface area contributed by atoms with Gasteiger partial charge in [-0.1, -0.05) is 25.0 Å². The summed E-state index contributed by atoms with van der Waals surface area (Å²) in [6.45, 7) is 5.16. The van der Waals surface area contributed by atoms with Crippen LogP contribution in [0.1, 0.15) is 45.4 Å². The molecule has 1 aliphatic carbocycles. The van der Waals surface area contributed by atoms with Crippen molar-refractivity contribution in [3.8, 4) is 5.75 Å². The van der Waals surface area contributed by atoms with E-state index >= 15 is 0 Å². The predicted molar refractivity (Wildman–Crippen MR) is 106 cm³/mol. The van der Waals surface area contributed by atoms with E-state index in [4.69, 9.17) is 4.74 Å². The van der Waals surface area contributed by atoms with Crippen molar-refractivity contribution >= 4 is 17.5 Å². The molecule has 148 valence electrons. The number of rotatable bonds is 6. The SMILES string of the molecule is CCOc1ccccc1NC(=O)C(=O)NCC1CCN(C2CCCC2)CC1. The van der Waals surface area contributed by atoms with Gasteiger partial charge in [0.25, 0.3) is 0 Å². The Kier molecular flexibility index (Phi) is 7.10. The Morgan fingerprint density at radius 3 is 2.48 bits per heavy atom. The summed E-state index contributed by atoms with van der Waals surface area (Å²) < 4.78 is 5.47. The average Bonchev–Trinajstić information content (AvgIpc) is 3.23. The van der Waals surface area contributed by atoms with Gasteiger partial charge in [0, 0.05) is 12.6 Å². The van der Waals surface area contributed by atoms with Gasteiger partial charge in [-0.05, 0) is 63.7 Å². The molecule has 2 N–H and O–H groups in total. The second-order valence-corrected chi connectivity index (χ2v) is 7.51. The van der Waals surface area contributed by atoms with Crippen LogP contribution in [0.3, 0.4) is 0 Å². The van der Waals surface area contributed by atoms with Crippen LogP contribution in [-0.2, 0) is 9.59 Å². The Hall–Kier alpha value is -2.08. The van der Waals surface area contributed by atoms with Crippen LogP contribution in [0.2, 0.25) is 0 Å². The standard InChI is InChI=1S/C21H31N3O3/c1-2-27-19-10-6-5-9-18(19)23-21(26)20(25)22-15-16-11-13-24(14-12-16)17-7-3-4-8-17/h5-6,9-10,16-17H,2-4,7-8,11-15H2,1H3,(H,22,25)(H,23,26). The molecule has 3 rings (SSSR count). The Morgan fingerprint density at radius 2 is 1.78 bits per heavy atom. The van der Waals surface area contributed by atoms with Crippen molar-refractivity contribution in [2.24, 2.45) is 5.92 Å². The molecule has 0 unspecified atom stereocenters. The van der Waals surface area contributed by atoms with Crippen molar-refractivity contribution < 1.29 is 14.3 Å². The van der Waals surface area contributed by atoms with E-state index in [2.05, 4.69) is 15.5 Å². The molecule has 1 aromatic carbocycles. The molecular formula is C21H31N3O3. The normalized spacial score (nSPS) is 19.0. The zero-order valence-corrected chi connectivity index (χ0v) is 16.2. The molecule has 2 amide bonds. The third kappa shape index (κ3) is 5.45. The molecule has 2 aliphatic rings. The van der Waals surface area contributed by atoms with Gasteiger partial charge in [0.1, 0.15) is 5.75 Å². The minimum atomic E-state index is -0.648. The van der Waals surface area contributed by atoms with Crippen molar-refractivity contribution in [1.29, 1.82) is 0 Å². The van der Waals surface area contributed by atoms with Crippen LogP contribution in [0.25, 0.3) is 0 Å². The van der Waals surface area contributed by atoms with Gasteiger partial charge in [-0.3, -0.25) is 9.59 Å². The summed E-state index contributed by atoms with van der Waals surface area (Å²) in [5.41, 5.74) is 0.518. The van der Waals surface area contributed by atoms with E-state index < -0.39 is 11.8 Å². The number of nitrogens with zero attached hydrogens (tertiary/aromatic N) is 1. The summed E-state index contributed by atoms with van der Waals surface area (Å²) in [7, 11) is 0. The van der Waals surface area contributed by atoms with Gasteiger partial charge in [-0.15, -0.1) is 0 Å². The molecule has 1 heterocycles. The fourth-order valence-corrected chi connectivity index (χ4v) is 4.14. The highest BCUT2D eigenvalue weighted by Crippen LogP contribution is 2.27. The molecule has 0 bridgehead atoms. The van der Waals surface area contributed by atoms with Gasteiger partial charge >= 0.3 is 11.8 Å². The highest BCUT2D eigenvalue weighted by atomic mass is 16.5. The number of likely N-dealkylation sites (tertiary alicyclic amines) is 1. The first-order valence-electron chi connectivity index (χ1n) is 10.2. The number of carbonyl (C=O) groups excluding carboxylic acids is 2. The highest BCUT2D eigenvalue weighted by Gasteiger charge is 2.27. The molecule has 0 spiro atoms. The number of hydrogen-bond donors (Lipinski definition) is 2. The first-order chi connectivity index (χ1) is 13.2. The Bertz CT molecular complexity index is 635. The lowest BCUT2D eigenvalue weighted by atomic mass is 9.95. The van der Waals surface area contributed by atoms with Gasteiger partial charge in [0.2, 0.25) is 0 Å². The van der Waals surface area contributed by atoms with Crippen molar-refractivity contribution in [3.63, 3.8) is 0 Å². The van der Waals surface area contributed by atoms with Crippen LogP contribution in [0, 0.1) is 5.92 Å². The zero-order valence-electron chi connectivity index (χ0n) is 16.2. The summed E-state index contributed by atoms with van der Waals surface area (Å²) in [6.07, 6.45) is 7.58. The fraction of sp³-hybridized carbons (Fsp3) is 0.619. The largest absolute Gasteiger partial charge is 0.492 e. The first-order valence-corrected chi connectivity index (χ1v) is 10.2. The minimum Gasteiger partial charge on any atom is -0.492 e. The Labute approximate surface area is 161 Å². The number of carbonyl (C=O) groups is 2. The number of ether oxygens (including phenoxy) is 1. The molecule has 1 saturated carbocycles. The zero-order chi connectivity index (χ0) is 19.1. The van der Waals surface area contributed by atoms with Crippen LogP contribution in [0.5, 0.6) is 5.75 Å². The van der Waals surface area contributed by atoms with E-state index in [0.29, 0.717) is 30.5 Å². The van der Waals surface area contributed by atoms with Crippen LogP contribution >= 0.6 is 0 Å². The molecule has 27 heavy (non-hydrogen) atoms.